The maximum atomic E-state index is 5.48. The standard InChI is InChI=1S/C14H23N3O/c1-12-10-13(4-7-15-12)16-11-14(17(2)3)5-8-18-9-6-14/h4,7,10H,5-6,8-9,11H2,1-3H3,(H,15,16). The van der Waals surface area contributed by atoms with Crippen LogP contribution >= 0.6 is 0 Å². The number of nitrogens with one attached hydrogen (secondary N) is 1. The summed E-state index contributed by atoms with van der Waals surface area (Å²) in [5.41, 5.74) is 2.40. The number of anilines is 1. The summed E-state index contributed by atoms with van der Waals surface area (Å²) >= 11 is 0. The number of pyridine rings is 1. The Morgan fingerprint density at radius 2 is 2.11 bits per heavy atom. The fraction of sp³-hybridized carbons (Fsp3) is 0.643. The molecule has 0 spiro atoms. The number of hydrogen-bond acceptors (Lipinski definition) is 4. The van der Waals surface area contributed by atoms with E-state index >= 15 is 0 Å². The van der Waals surface area contributed by atoms with Crippen LogP contribution in [0.5, 0.6) is 0 Å². The molecule has 1 aliphatic rings. The Morgan fingerprint density at radius 1 is 1.39 bits per heavy atom. The number of nitrogens with zero attached hydrogens (tertiary/aromatic N) is 2. The molecular formula is C14H23N3O. The normalized spacial score (nSPS) is 18.9. The first-order valence-corrected chi connectivity index (χ1v) is 6.54. The van der Waals surface area contributed by atoms with Crippen LogP contribution in [0.2, 0.25) is 0 Å². The van der Waals surface area contributed by atoms with Gasteiger partial charge in [0.1, 0.15) is 0 Å². The topological polar surface area (TPSA) is 37.4 Å². The molecule has 1 aliphatic heterocycles. The minimum absolute atomic E-state index is 0.204. The SMILES string of the molecule is Cc1cc(NCC2(N(C)C)CCOCC2)ccn1. The van der Waals surface area contributed by atoms with Crippen molar-refractivity contribution in [3.8, 4) is 0 Å². The molecule has 0 bridgehead atoms. The van der Waals surface area contributed by atoms with E-state index in [0.717, 1.165) is 44.0 Å². The van der Waals surface area contributed by atoms with Gasteiger partial charge in [-0.2, -0.15) is 0 Å². The van der Waals surface area contributed by atoms with E-state index in [1.165, 1.54) is 0 Å². The number of likely N-dealkylation sites (N-methyl/N-ethyl adjacent to an activating group) is 1. The number of aromatic nitrogens is 1. The summed E-state index contributed by atoms with van der Waals surface area (Å²) in [5.74, 6) is 0. The second kappa shape index (κ2) is 5.67. The lowest BCUT2D eigenvalue weighted by atomic mass is 9.88. The van der Waals surface area contributed by atoms with Gasteiger partial charge in [0, 0.05) is 42.9 Å². The predicted molar refractivity (Wildman–Crippen MR) is 73.9 cm³/mol. The molecule has 2 heterocycles. The summed E-state index contributed by atoms with van der Waals surface area (Å²) in [6.45, 7) is 4.68. The largest absolute Gasteiger partial charge is 0.383 e. The first kappa shape index (κ1) is 13.3. The lowest BCUT2D eigenvalue weighted by Crippen LogP contribution is -2.53. The molecule has 2 rings (SSSR count). The van der Waals surface area contributed by atoms with Gasteiger partial charge in [0.15, 0.2) is 0 Å². The minimum atomic E-state index is 0.204. The van der Waals surface area contributed by atoms with Gasteiger partial charge in [-0.3, -0.25) is 4.98 Å². The Labute approximate surface area is 109 Å². The Hall–Kier alpha value is -1.13. The van der Waals surface area contributed by atoms with Gasteiger partial charge < -0.3 is 15.0 Å². The van der Waals surface area contributed by atoms with E-state index in [4.69, 9.17) is 4.74 Å². The first-order chi connectivity index (χ1) is 8.62. The lowest BCUT2D eigenvalue weighted by molar-refractivity contribution is -0.000629. The monoisotopic (exact) mass is 249 g/mol. The number of hydrogen-bond donors (Lipinski definition) is 1. The van der Waals surface area contributed by atoms with Crippen molar-refractivity contribution in [2.75, 3.05) is 39.2 Å². The maximum Gasteiger partial charge on any atom is 0.0484 e. The van der Waals surface area contributed by atoms with Gasteiger partial charge >= 0.3 is 0 Å². The molecule has 0 saturated carbocycles. The van der Waals surface area contributed by atoms with Crippen molar-refractivity contribution in [3.05, 3.63) is 24.0 Å². The van der Waals surface area contributed by atoms with Crippen LogP contribution in [0.25, 0.3) is 0 Å². The van der Waals surface area contributed by atoms with E-state index in [-0.39, 0.29) is 5.54 Å². The molecule has 0 radical (unpaired) electrons. The average Bonchev–Trinajstić information content (AvgIpc) is 2.37. The summed E-state index contributed by atoms with van der Waals surface area (Å²) in [7, 11) is 4.32. The van der Waals surface area contributed by atoms with Crippen LogP contribution in [0, 0.1) is 6.92 Å². The Kier molecular flexibility index (Phi) is 4.19. The highest BCUT2D eigenvalue weighted by molar-refractivity contribution is 5.43. The van der Waals surface area contributed by atoms with Gasteiger partial charge in [-0.25, -0.2) is 0 Å². The smallest absolute Gasteiger partial charge is 0.0484 e. The second-order valence-corrected chi connectivity index (χ2v) is 5.27. The molecular weight excluding hydrogens is 226 g/mol. The third-order valence-corrected chi connectivity index (χ3v) is 3.89. The molecule has 0 atom stereocenters. The average molecular weight is 249 g/mol. The lowest BCUT2D eigenvalue weighted by Gasteiger charge is -2.43. The highest BCUT2D eigenvalue weighted by Gasteiger charge is 2.34. The summed E-state index contributed by atoms with van der Waals surface area (Å²) in [4.78, 5) is 6.55. The van der Waals surface area contributed by atoms with Crippen molar-refractivity contribution in [3.63, 3.8) is 0 Å². The van der Waals surface area contributed by atoms with Crippen molar-refractivity contribution in [2.45, 2.75) is 25.3 Å². The van der Waals surface area contributed by atoms with Gasteiger partial charge in [0.2, 0.25) is 0 Å². The highest BCUT2D eigenvalue weighted by Crippen LogP contribution is 2.26. The van der Waals surface area contributed by atoms with Crippen LogP contribution in [0.1, 0.15) is 18.5 Å². The van der Waals surface area contributed by atoms with E-state index in [2.05, 4.69) is 35.4 Å². The van der Waals surface area contributed by atoms with Gasteiger partial charge in [-0.15, -0.1) is 0 Å². The zero-order valence-corrected chi connectivity index (χ0v) is 11.6. The van der Waals surface area contributed by atoms with E-state index in [0.29, 0.717) is 0 Å². The molecule has 1 N–H and O–H groups in total. The summed E-state index contributed by atoms with van der Waals surface area (Å²) in [6, 6.07) is 4.11. The maximum absolute atomic E-state index is 5.48. The number of aryl methyl sites for hydroxylation is 1. The van der Waals surface area contributed by atoms with Gasteiger partial charge in [-0.1, -0.05) is 0 Å². The molecule has 1 aromatic heterocycles. The molecule has 0 aliphatic carbocycles. The van der Waals surface area contributed by atoms with Gasteiger partial charge in [0.25, 0.3) is 0 Å². The van der Waals surface area contributed by atoms with Gasteiger partial charge in [-0.05, 0) is 46.0 Å². The fourth-order valence-electron chi connectivity index (χ4n) is 2.46. The Balaban J connectivity index is 2.01. The van der Waals surface area contributed by atoms with Crippen LogP contribution in [0.3, 0.4) is 0 Å². The summed E-state index contributed by atoms with van der Waals surface area (Å²) in [5, 5.41) is 3.54. The van der Waals surface area contributed by atoms with Crippen LogP contribution < -0.4 is 5.32 Å². The first-order valence-electron chi connectivity index (χ1n) is 6.54. The molecule has 18 heavy (non-hydrogen) atoms. The zero-order valence-electron chi connectivity index (χ0n) is 11.6. The molecule has 0 aromatic carbocycles. The second-order valence-electron chi connectivity index (χ2n) is 5.27. The minimum Gasteiger partial charge on any atom is -0.383 e. The van der Waals surface area contributed by atoms with Crippen molar-refractivity contribution in [2.24, 2.45) is 0 Å². The third-order valence-electron chi connectivity index (χ3n) is 3.89. The van der Waals surface area contributed by atoms with E-state index in [1.54, 1.807) is 0 Å². The molecule has 1 aromatic rings. The molecule has 4 heteroatoms. The fourth-order valence-corrected chi connectivity index (χ4v) is 2.46. The molecule has 4 nitrogen and oxygen atoms in total. The van der Waals surface area contributed by atoms with Crippen LogP contribution in [0.4, 0.5) is 5.69 Å². The van der Waals surface area contributed by atoms with E-state index in [1.807, 2.05) is 19.2 Å². The summed E-state index contributed by atoms with van der Waals surface area (Å²) < 4.78 is 5.48. The number of rotatable bonds is 4. The van der Waals surface area contributed by atoms with Crippen molar-refractivity contribution < 1.29 is 4.74 Å². The third kappa shape index (κ3) is 3.00. The van der Waals surface area contributed by atoms with Crippen LogP contribution in [-0.4, -0.2) is 49.3 Å². The zero-order chi connectivity index (χ0) is 13.0. The molecule has 1 saturated heterocycles. The highest BCUT2D eigenvalue weighted by atomic mass is 16.5. The molecule has 100 valence electrons. The van der Waals surface area contributed by atoms with Crippen molar-refractivity contribution >= 4 is 5.69 Å². The molecule has 0 unspecified atom stereocenters. The molecule has 1 fully saturated rings. The Morgan fingerprint density at radius 3 is 2.72 bits per heavy atom. The van der Waals surface area contributed by atoms with E-state index < -0.39 is 0 Å². The number of ether oxygens (including phenoxy) is 1. The molecule has 0 amide bonds. The van der Waals surface area contributed by atoms with Crippen molar-refractivity contribution in [1.29, 1.82) is 0 Å². The Bertz CT molecular complexity index is 386. The van der Waals surface area contributed by atoms with Crippen LogP contribution in [0.15, 0.2) is 18.3 Å². The van der Waals surface area contributed by atoms with Gasteiger partial charge in [0.05, 0.1) is 0 Å². The van der Waals surface area contributed by atoms with Crippen molar-refractivity contribution in [1.82, 2.24) is 9.88 Å². The summed E-state index contributed by atoms with van der Waals surface area (Å²) in [6.07, 6.45) is 4.01. The van der Waals surface area contributed by atoms with E-state index in [9.17, 15) is 0 Å². The predicted octanol–water partition coefficient (Wildman–Crippen LogP) is 1.91. The quantitative estimate of drug-likeness (QED) is 0.884. The van der Waals surface area contributed by atoms with Crippen LogP contribution in [-0.2, 0) is 4.74 Å².